The van der Waals surface area contributed by atoms with Crippen molar-refractivity contribution in [2.24, 2.45) is 0 Å². The molecule has 2 rings (SSSR count). The van der Waals surface area contributed by atoms with Crippen molar-refractivity contribution in [1.29, 1.82) is 0 Å². The van der Waals surface area contributed by atoms with Gasteiger partial charge in [-0.05, 0) is 23.8 Å². The fourth-order valence-electron chi connectivity index (χ4n) is 1.65. The molecule has 0 atom stereocenters. The van der Waals surface area contributed by atoms with Gasteiger partial charge in [-0.2, -0.15) is 13.2 Å². The molecule has 112 valence electrons. The molecule has 0 aliphatic heterocycles. The first kappa shape index (κ1) is 15.4. The van der Waals surface area contributed by atoms with Gasteiger partial charge in [-0.25, -0.2) is 4.98 Å². The summed E-state index contributed by atoms with van der Waals surface area (Å²) in [6.07, 6.45) is -3.13. The maximum absolute atomic E-state index is 12.7. The zero-order valence-electron chi connectivity index (χ0n) is 10.6. The lowest BCUT2D eigenvalue weighted by atomic mass is 10.1. The summed E-state index contributed by atoms with van der Waals surface area (Å²) in [4.78, 5) is 3.99. The number of hydrogen-bond acceptors (Lipinski definition) is 4. The van der Waals surface area contributed by atoms with Gasteiger partial charge in [0.15, 0.2) is 0 Å². The van der Waals surface area contributed by atoms with Crippen molar-refractivity contribution in [3.8, 4) is 0 Å². The van der Waals surface area contributed by atoms with Gasteiger partial charge in [0, 0.05) is 6.20 Å². The molecule has 0 radical (unpaired) electrons. The lowest BCUT2D eigenvalue weighted by Gasteiger charge is -2.14. The third-order valence-corrected chi connectivity index (χ3v) is 3.03. The van der Waals surface area contributed by atoms with Crippen molar-refractivity contribution in [1.82, 2.24) is 4.98 Å². The lowest BCUT2D eigenvalue weighted by molar-refractivity contribution is -0.137. The number of halogens is 4. The molecule has 0 saturated heterocycles. The molecule has 21 heavy (non-hydrogen) atoms. The number of benzene rings is 1. The van der Waals surface area contributed by atoms with Crippen LogP contribution in [0, 0.1) is 0 Å². The largest absolute Gasteiger partial charge is 0.417 e. The number of pyridine rings is 1. The normalized spacial score (nSPS) is 11.5. The molecule has 4 nitrogen and oxygen atoms in total. The van der Waals surface area contributed by atoms with Crippen LogP contribution in [0.15, 0.2) is 30.5 Å². The van der Waals surface area contributed by atoms with Gasteiger partial charge < -0.3 is 16.2 Å². The van der Waals surface area contributed by atoms with E-state index in [0.717, 1.165) is 12.1 Å². The highest BCUT2D eigenvalue weighted by Gasteiger charge is 2.33. The van der Waals surface area contributed by atoms with Crippen LogP contribution < -0.4 is 11.1 Å². The Bertz CT molecular complexity index is 644. The smallest absolute Gasteiger partial charge is 0.397 e. The number of alkyl halides is 3. The van der Waals surface area contributed by atoms with Crippen LogP contribution >= 0.6 is 11.6 Å². The summed E-state index contributed by atoms with van der Waals surface area (Å²) in [7, 11) is 0. The number of nitrogens with one attached hydrogen (secondary N) is 1. The Morgan fingerprint density at radius 1 is 1.29 bits per heavy atom. The summed E-state index contributed by atoms with van der Waals surface area (Å²) in [6.45, 7) is -0.151. The first-order valence-electron chi connectivity index (χ1n) is 5.80. The standard InChI is InChI=1S/C13H11ClF3N3O/c14-9-4-11(10(18)3-8(9)13(15,16)17)20-12-2-1-7(6-21)5-19-12/h1-5,21H,6,18H2,(H,19,20). The molecule has 1 heterocycles. The van der Waals surface area contributed by atoms with Gasteiger partial charge in [-0.15, -0.1) is 0 Å². The average Bonchev–Trinajstić information content (AvgIpc) is 2.42. The van der Waals surface area contributed by atoms with E-state index in [4.69, 9.17) is 22.4 Å². The van der Waals surface area contributed by atoms with E-state index in [2.05, 4.69) is 10.3 Å². The second kappa shape index (κ2) is 5.79. The Kier molecular flexibility index (Phi) is 4.24. The van der Waals surface area contributed by atoms with Crippen molar-refractivity contribution in [3.05, 3.63) is 46.6 Å². The van der Waals surface area contributed by atoms with Crippen LogP contribution in [0.25, 0.3) is 0 Å². The molecular formula is C13H11ClF3N3O. The fraction of sp³-hybridized carbons (Fsp3) is 0.154. The maximum Gasteiger partial charge on any atom is 0.417 e. The molecule has 4 N–H and O–H groups in total. The molecule has 0 amide bonds. The third kappa shape index (κ3) is 3.56. The quantitative estimate of drug-likeness (QED) is 0.757. The van der Waals surface area contributed by atoms with Gasteiger partial charge in [0.1, 0.15) is 5.82 Å². The number of nitrogens with two attached hydrogens (primary N) is 1. The summed E-state index contributed by atoms with van der Waals surface area (Å²) >= 11 is 5.63. The minimum atomic E-state index is -4.56. The molecule has 8 heteroatoms. The molecule has 0 unspecified atom stereocenters. The van der Waals surface area contributed by atoms with Crippen LogP contribution in [-0.2, 0) is 12.8 Å². The number of nitrogen functional groups attached to an aromatic ring is 1. The highest BCUT2D eigenvalue weighted by molar-refractivity contribution is 6.32. The highest BCUT2D eigenvalue weighted by Crippen LogP contribution is 2.39. The molecule has 1 aromatic carbocycles. The van der Waals surface area contributed by atoms with Crippen LogP contribution in [0.1, 0.15) is 11.1 Å². The summed E-state index contributed by atoms with van der Waals surface area (Å²) in [5, 5.41) is 11.2. The highest BCUT2D eigenvalue weighted by atomic mass is 35.5. The van der Waals surface area contributed by atoms with Gasteiger partial charge in [0.25, 0.3) is 0 Å². The Morgan fingerprint density at radius 3 is 2.52 bits per heavy atom. The topological polar surface area (TPSA) is 71.2 Å². The molecule has 0 bridgehead atoms. The van der Waals surface area contributed by atoms with Crippen LogP contribution in [0.2, 0.25) is 5.02 Å². The number of nitrogens with zero attached hydrogens (tertiary/aromatic N) is 1. The van der Waals surface area contributed by atoms with Crippen LogP contribution in [-0.4, -0.2) is 10.1 Å². The van der Waals surface area contributed by atoms with Crippen molar-refractivity contribution >= 4 is 28.8 Å². The van der Waals surface area contributed by atoms with Crippen LogP contribution in [0.5, 0.6) is 0 Å². The molecule has 0 aliphatic carbocycles. The van der Waals surface area contributed by atoms with Gasteiger partial charge in [-0.3, -0.25) is 0 Å². The van der Waals surface area contributed by atoms with E-state index in [1.165, 1.54) is 6.20 Å². The van der Waals surface area contributed by atoms with E-state index in [0.29, 0.717) is 11.4 Å². The van der Waals surface area contributed by atoms with E-state index < -0.39 is 16.8 Å². The minimum absolute atomic E-state index is 0.0974. The second-order valence-electron chi connectivity index (χ2n) is 4.25. The predicted molar refractivity (Wildman–Crippen MR) is 74.3 cm³/mol. The average molecular weight is 318 g/mol. The van der Waals surface area contributed by atoms with Gasteiger partial charge in [0.2, 0.25) is 0 Å². The summed E-state index contributed by atoms with van der Waals surface area (Å²) < 4.78 is 38.0. The molecule has 0 fully saturated rings. The zero-order chi connectivity index (χ0) is 15.6. The van der Waals surface area contributed by atoms with Gasteiger partial charge in [-0.1, -0.05) is 17.7 Å². The van der Waals surface area contributed by atoms with Crippen LogP contribution in [0.4, 0.5) is 30.4 Å². The van der Waals surface area contributed by atoms with Gasteiger partial charge in [0.05, 0.1) is 28.6 Å². The first-order valence-corrected chi connectivity index (χ1v) is 6.18. The molecule has 1 aromatic heterocycles. The number of aromatic nitrogens is 1. The van der Waals surface area contributed by atoms with Crippen LogP contribution in [0.3, 0.4) is 0 Å². The van der Waals surface area contributed by atoms with Crippen molar-refractivity contribution in [3.63, 3.8) is 0 Å². The second-order valence-corrected chi connectivity index (χ2v) is 4.66. The minimum Gasteiger partial charge on any atom is -0.397 e. The van der Waals surface area contributed by atoms with Crippen molar-refractivity contribution in [2.75, 3.05) is 11.1 Å². The lowest BCUT2D eigenvalue weighted by Crippen LogP contribution is -2.08. The summed E-state index contributed by atoms with van der Waals surface area (Å²) in [6, 6.07) is 5.06. The molecular weight excluding hydrogens is 307 g/mol. The van der Waals surface area contributed by atoms with E-state index in [9.17, 15) is 13.2 Å². The number of aliphatic hydroxyl groups excluding tert-OH is 1. The SMILES string of the molecule is Nc1cc(C(F)(F)F)c(Cl)cc1Nc1ccc(CO)cn1. The molecule has 0 spiro atoms. The van der Waals surface area contributed by atoms with Gasteiger partial charge >= 0.3 is 6.18 Å². The molecule has 0 aliphatic rings. The Hall–Kier alpha value is -1.99. The van der Waals surface area contributed by atoms with Crippen molar-refractivity contribution < 1.29 is 18.3 Å². The number of aliphatic hydroxyl groups is 1. The summed E-state index contributed by atoms with van der Waals surface area (Å²) in [5.74, 6) is 0.370. The fourth-order valence-corrected chi connectivity index (χ4v) is 1.92. The van der Waals surface area contributed by atoms with Crippen molar-refractivity contribution in [2.45, 2.75) is 12.8 Å². The predicted octanol–water partition coefficient (Wildman–Crippen LogP) is 3.57. The Morgan fingerprint density at radius 2 is 2.00 bits per heavy atom. The molecule has 0 saturated carbocycles. The zero-order valence-corrected chi connectivity index (χ0v) is 11.3. The molecule has 2 aromatic rings. The monoisotopic (exact) mass is 317 g/mol. The Labute approximate surface area is 123 Å². The number of rotatable bonds is 3. The van der Waals surface area contributed by atoms with E-state index in [1.807, 2.05) is 0 Å². The first-order chi connectivity index (χ1) is 9.81. The number of hydrogen-bond donors (Lipinski definition) is 3. The third-order valence-electron chi connectivity index (χ3n) is 2.71. The van der Waals surface area contributed by atoms with E-state index >= 15 is 0 Å². The van der Waals surface area contributed by atoms with E-state index in [1.54, 1.807) is 12.1 Å². The number of anilines is 3. The Balaban J connectivity index is 2.30. The maximum atomic E-state index is 12.7. The van der Waals surface area contributed by atoms with E-state index in [-0.39, 0.29) is 18.0 Å². The summed E-state index contributed by atoms with van der Waals surface area (Å²) in [5.41, 5.74) is 5.34.